The summed E-state index contributed by atoms with van der Waals surface area (Å²) in [4.78, 5) is 14.0. The van der Waals surface area contributed by atoms with E-state index in [0.717, 1.165) is 0 Å². The minimum Gasteiger partial charge on any atom is -0.324 e. The molecule has 19 heavy (non-hydrogen) atoms. The van der Waals surface area contributed by atoms with Crippen molar-refractivity contribution >= 4 is 0 Å². The van der Waals surface area contributed by atoms with Gasteiger partial charge in [-0.05, 0) is 25.7 Å². The minimum atomic E-state index is 1.35. The van der Waals surface area contributed by atoms with Crippen molar-refractivity contribution in [3.63, 3.8) is 0 Å². The van der Waals surface area contributed by atoms with Gasteiger partial charge in [-0.15, -0.1) is 0 Å². The topological polar surface area (TPSA) is 34.1 Å². The molecule has 0 aromatic carbocycles. The van der Waals surface area contributed by atoms with Gasteiger partial charge in [-0.25, -0.2) is 0 Å². The van der Waals surface area contributed by atoms with Gasteiger partial charge >= 0.3 is 0 Å². The van der Waals surface area contributed by atoms with Crippen LogP contribution in [0.2, 0.25) is 0 Å². The molecule has 3 nitrogen and oxygen atoms in total. The van der Waals surface area contributed by atoms with Gasteiger partial charge in [0.15, 0.2) is 0 Å². The Hall–Kier alpha value is -0.440. The van der Waals surface area contributed by atoms with Crippen molar-refractivity contribution in [2.75, 3.05) is 26.2 Å². The van der Waals surface area contributed by atoms with E-state index in [1.54, 1.807) is 0 Å². The average Bonchev–Trinajstić information content (AvgIpc) is 2.48. The first-order chi connectivity index (χ1) is 9.24. The van der Waals surface area contributed by atoms with E-state index < -0.39 is 0 Å². The molecule has 0 bridgehead atoms. The second-order valence-corrected chi connectivity index (χ2v) is 5.65. The smallest absolute Gasteiger partial charge is 0.0786 e. The quantitative estimate of drug-likeness (QED) is 0.466. The lowest BCUT2D eigenvalue weighted by Crippen LogP contribution is -2.50. The van der Waals surface area contributed by atoms with Crippen molar-refractivity contribution in [1.82, 2.24) is 0 Å². The van der Waals surface area contributed by atoms with Crippen LogP contribution in [0.3, 0.4) is 0 Å². The first-order valence-corrected chi connectivity index (χ1v) is 8.26. The van der Waals surface area contributed by atoms with Crippen LogP contribution in [0.4, 0.5) is 0 Å². The molecule has 0 atom stereocenters. The molecule has 0 aliphatic carbocycles. The fourth-order valence-electron chi connectivity index (χ4n) is 2.64. The maximum absolute atomic E-state index is 7.00. The molecule has 0 N–H and O–H groups in total. The van der Waals surface area contributed by atoms with Gasteiger partial charge in [-0.3, -0.25) is 0 Å². The van der Waals surface area contributed by atoms with Crippen molar-refractivity contribution in [3.05, 3.63) is 9.93 Å². The van der Waals surface area contributed by atoms with Crippen LogP contribution in [-0.2, 0) is 0 Å². The predicted molar refractivity (Wildman–Crippen MR) is 86.1 cm³/mol. The molecule has 0 aliphatic rings. The van der Waals surface area contributed by atoms with Crippen LogP contribution in [0, 0.1) is 9.93 Å². The summed E-state index contributed by atoms with van der Waals surface area (Å²) in [7, 11) is 0. The summed E-state index contributed by atoms with van der Waals surface area (Å²) in [5, 5.41) is 0. The van der Waals surface area contributed by atoms with Crippen LogP contribution in [0.5, 0.6) is 0 Å². The minimum absolute atomic E-state index is 1.35. The molecule has 0 unspecified atom stereocenters. The van der Waals surface area contributed by atoms with Gasteiger partial charge in [0.2, 0.25) is 0 Å². The van der Waals surface area contributed by atoms with Crippen molar-refractivity contribution in [2.45, 2.75) is 79.1 Å². The molecular weight excluding hydrogens is 238 g/mol. The fourth-order valence-corrected chi connectivity index (χ4v) is 2.64. The SMILES string of the molecule is CCCC[N+](CCCC)(CCCC)CCCC.O=O. The highest BCUT2D eigenvalue weighted by Crippen LogP contribution is 2.16. The summed E-state index contributed by atoms with van der Waals surface area (Å²) in [5.41, 5.74) is 0. The molecule has 0 saturated heterocycles. The van der Waals surface area contributed by atoms with Gasteiger partial charge in [0.1, 0.15) is 0 Å². The molecule has 0 amide bonds. The monoisotopic (exact) mass is 274 g/mol. The molecule has 0 aromatic heterocycles. The van der Waals surface area contributed by atoms with Crippen molar-refractivity contribution in [1.29, 1.82) is 0 Å². The first-order valence-electron chi connectivity index (χ1n) is 8.26. The lowest BCUT2D eigenvalue weighted by atomic mass is 10.1. The average molecular weight is 274 g/mol. The summed E-state index contributed by atoms with van der Waals surface area (Å²) in [5.74, 6) is 0. The molecule has 0 aliphatic heterocycles. The number of nitrogens with zero attached hydrogens (tertiary/aromatic N) is 1. The number of rotatable bonds is 12. The lowest BCUT2D eigenvalue weighted by molar-refractivity contribution is -0.929. The Kier molecular flexibility index (Phi) is 17.2. The summed E-state index contributed by atoms with van der Waals surface area (Å²) < 4.78 is 1.42. The molecule has 0 fully saturated rings. The lowest BCUT2D eigenvalue weighted by Gasteiger charge is -2.39. The summed E-state index contributed by atoms with van der Waals surface area (Å²) in [6.07, 6.45) is 11.1. The Bertz CT molecular complexity index is 137. The van der Waals surface area contributed by atoms with Gasteiger partial charge in [0.25, 0.3) is 0 Å². The van der Waals surface area contributed by atoms with E-state index in [1.165, 1.54) is 82.0 Å². The first kappa shape index (κ1) is 20.9. The van der Waals surface area contributed by atoms with E-state index >= 15 is 0 Å². The number of unbranched alkanes of at least 4 members (excludes halogenated alkanes) is 4. The van der Waals surface area contributed by atoms with E-state index in [9.17, 15) is 0 Å². The highest BCUT2D eigenvalue weighted by atomic mass is 16.7. The third-order valence-corrected chi connectivity index (χ3v) is 3.94. The largest absolute Gasteiger partial charge is 0.324 e. The third kappa shape index (κ3) is 11.1. The summed E-state index contributed by atoms with van der Waals surface area (Å²) in [6, 6.07) is 0. The van der Waals surface area contributed by atoms with Crippen LogP contribution in [0.25, 0.3) is 0 Å². The van der Waals surface area contributed by atoms with Gasteiger partial charge in [0.05, 0.1) is 26.2 Å². The van der Waals surface area contributed by atoms with Gasteiger partial charge in [0, 0.05) is 9.93 Å². The van der Waals surface area contributed by atoms with E-state index in [1.807, 2.05) is 0 Å². The van der Waals surface area contributed by atoms with E-state index in [2.05, 4.69) is 27.7 Å². The zero-order valence-electron chi connectivity index (χ0n) is 13.7. The maximum Gasteiger partial charge on any atom is 0.0786 e. The Balaban J connectivity index is 0. The Labute approximate surface area is 120 Å². The van der Waals surface area contributed by atoms with Gasteiger partial charge in [-0.1, -0.05) is 53.4 Å². The predicted octanol–water partition coefficient (Wildman–Crippen LogP) is 5.07. The molecule has 3 heteroatoms. The van der Waals surface area contributed by atoms with E-state index in [-0.39, 0.29) is 0 Å². The Morgan fingerprint density at radius 1 is 0.526 bits per heavy atom. The van der Waals surface area contributed by atoms with Gasteiger partial charge in [-0.2, -0.15) is 0 Å². The molecule has 116 valence electrons. The van der Waals surface area contributed by atoms with E-state index in [0.29, 0.717) is 0 Å². The standard InChI is InChI=1S/C16H36N.O2/c1-5-9-13-17(14-10-6-2,15-11-7-3)16-12-8-4;1-2/h5-16H2,1-4H3;/q+1;. The van der Waals surface area contributed by atoms with Crippen LogP contribution >= 0.6 is 0 Å². The van der Waals surface area contributed by atoms with Crippen molar-refractivity contribution in [3.8, 4) is 0 Å². The highest BCUT2D eigenvalue weighted by molar-refractivity contribution is 4.49. The van der Waals surface area contributed by atoms with Crippen LogP contribution in [0.15, 0.2) is 0 Å². The molecule has 0 radical (unpaired) electrons. The zero-order valence-corrected chi connectivity index (χ0v) is 13.7. The second-order valence-electron chi connectivity index (χ2n) is 5.65. The Morgan fingerprint density at radius 2 is 0.737 bits per heavy atom. The van der Waals surface area contributed by atoms with Crippen LogP contribution < -0.4 is 0 Å². The highest BCUT2D eigenvalue weighted by Gasteiger charge is 2.24. The molecule has 0 aromatic rings. The number of hydrogen-bond acceptors (Lipinski definition) is 2. The van der Waals surface area contributed by atoms with Crippen LogP contribution in [-0.4, -0.2) is 30.7 Å². The summed E-state index contributed by atoms with van der Waals surface area (Å²) in [6.45, 7) is 15.0. The maximum atomic E-state index is 7.00. The summed E-state index contributed by atoms with van der Waals surface area (Å²) >= 11 is 0. The third-order valence-electron chi connectivity index (χ3n) is 3.94. The number of hydrogen-bond donors (Lipinski definition) is 0. The molecule has 0 saturated carbocycles. The Morgan fingerprint density at radius 3 is 0.895 bits per heavy atom. The van der Waals surface area contributed by atoms with E-state index in [4.69, 9.17) is 9.93 Å². The fraction of sp³-hybridized carbons (Fsp3) is 1.00. The van der Waals surface area contributed by atoms with Gasteiger partial charge < -0.3 is 4.48 Å². The van der Waals surface area contributed by atoms with Crippen molar-refractivity contribution in [2.24, 2.45) is 0 Å². The molecule has 0 heterocycles. The molecule has 0 spiro atoms. The molecular formula is C16H36NO2+. The molecule has 0 rings (SSSR count). The van der Waals surface area contributed by atoms with Crippen molar-refractivity contribution < 1.29 is 4.48 Å². The normalized spacial score (nSPS) is 10.9. The second kappa shape index (κ2) is 15.6. The number of quaternary nitrogens is 1. The zero-order chi connectivity index (χ0) is 15.0. The van der Waals surface area contributed by atoms with Crippen LogP contribution in [0.1, 0.15) is 79.1 Å².